The Morgan fingerprint density at radius 1 is 1.59 bits per heavy atom. The van der Waals surface area contributed by atoms with Crippen molar-refractivity contribution in [3.63, 3.8) is 0 Å². The molecule has 0 bridgehead atoms. The van der Waals surface area contributed by atoms with Crippen LogP contribution < -0.4 is 4.74 Å². The summed E-state index contributed by atoms with van der Waals surface area (Å²) in [7, 11) is 0. The van der Waals surface area contributed by atoms with E-state index in [1.807, 2.05) is 6.92 Å². The summed E-state index contributed by atoms with van der Waals surface area (Å²) < 4.78 is 5.29. The van der Waals surface area contributed by atoms with E-state index in [0.29, 0.717) is 11.8 Å². The lowest BCUT2D eigenvalue weighted by Crippen LogP contribution is -2.02. The van der Waals surface area contributed by atoms with E-state index in [0.717, 1.165) is 12.0 Å². The van der Waals surface area contributed by atoms with Crippen molar-refractivity contribution in [3.05, 3.63) is 46.0 Å². The van der Waals surface area contributed by atoms with Crippen molar-refractivity contribution in [1.29, 1.82) is 0 Å². The van der Waals surface area contributed by atoms with Gasteiger partial charge < -0.3 is 4.74 Å². The molecule has 0 amide bonds. The molecule has 0 fully saturated rings. The highest BCUT2D eigenvalue weighted by Gasteiger charge is 2.15. The fourth-order valence-corrected chi connectivity index (χ4v) is 1.15. The van der Waals surface area contributed by atoms with Gasteiger partial charge in [0.2, 0.25) is 0 Å². The zero-order valence-corrected chi connectivity index (χ0v) is 9.51. The summed E-state index contributed by atoms with van der Waals surface area (Å²) in [5, 5.41) is 10.8. The molecule has 0 saturated carbocycles. The molecule has 0 unspecified atom stereocenters. The van der Waals surface area contributed by atoms with Crippen LogP contribution in [-0.4, -0.2) is 17.8 Å². The fourth-order valence-electron chi connectivity index (χ4n) is 1.15. The topological polar surface area (TPSA) is 69.4 Å². The molecule has 0 aliphatic rings. The first kappa shape index (κ1) is 12.9. The highest BCUT2D eigenvalue weighted by Crippen LogP contribution is 2.27. The quantitative estimate of drug-likeness (QED) is 0.329. The Morgan fingerprint density at radius 3 is 2.82 bits per heavy atom. The molecule has 0 radical (unpaired) electrons. The van der Waals surface area contributed by atoms with Crippen molar-refractivity contribution in [2.75, 3.05) is 6.61 Å². The first-order valence-electron chi connectivity index (χ1n) is 5.11. The van der Waals surface area contributed by atoms with E-state index < -0.39 is 4.92 Å². The van der Waals surface area contributed by atoms with Crippen LogP contribution in [-0.2, 0) is 0 Å². The summed E-state index contributed by atoms with van der Waals surface area (Å²) in [5.41, 5.74) is 1.02. The van der Waals surface area contributed by atoms with E-state index in [4.69, 9.17) is 4.74 Å². The predicted octanol–water partition coefficient (Wildman–Crippen LogP) is 2.75. The second-order valence-corrected chi connectivity index (χ2v) is 3.49. The van der Waals surface area contributed by atoms with E-state index in [2.05, 4.69) is 6.58 Å². The minimum absolute atomic E-state index is 0.0919. The van der Waals surface area contributed by atoms with Gasteiger partial charge in [0.1, 0.15) is 12.9 Å². The molecule has 0 aromatic heterocycles. The summed E-state index contributed by atoms with van der Waals surface area (Å²) in [4.78, 5) is 20.8. The first-order valence-corrected chi connectivity index (χ1v) is 5.11. The SMILES string of the molecule is C=C(CC)COc1cc(C=O)ccc1[N+](=O)[O-]. The standard InChI is InChI=1S/C12H13NO4/c1-3-9(2)8-17-12-6-10(7-14)4-5-11(12)13(15)16/h4-7H,2-3,8H2,1H3. The van der Waals surface area contributed by atoms with Gasteiger partial charge in [-0.2, -0.15) is 0 Å². The summed E-state index contributed by atoms with van der Waals surface area (Å²) in [5.74, 6) is 0.0919. The van der Waals surface area contributed by atoms with Gasteiger partial charge >= 0.3 is 5.69 Å². The maximum Gasteiger partial charge on any atom is 0.310 e. The molecule has 0 aliphatic heterocycles. The number of benzene rings is 1. The van der Waals surface area contributed by atoms with Crippen molar-refractivity contribution < 1.29 is 14.5 Å². The lowest BCUT2D eigenvalue weighted by molar-refractivity contribution is -0.385. The van der Waals surface area contributed by atoms with Crippen LogP contribution in [0.4, 0.5) is 5.69 Å². The fraction of sp³-hybridized carbons (Fsp3) is 0.250. The Labute approximate surface area is 98.9 Å². The number of nitro benzene ring substituents is 1. The van der Waals surface area contributed by atoms with E-state index in [1.54, 1.807) is 0 Å². The van der Waals surface area contributed by atoms with Crippen LogP contribution >= 0.6 is 0 Å². The molecule has 5 nitrogen and oxygen atoms in total. The highest BCUT2D eigenvalue weighted by molar-refractivity contribution is 5.76. The first-order chi connectivity index (χ1) is 8.08. The Morgan fingerprint density at radius 2 is 2.29 bits per heavy atom. The van der Waals surface area contributed by atoms with Crippen LogP contribution in [0.1, 0.15) is 23.7 Å². The number of carbonyl (C=O) groups is 1. The van der Waals surface area contributed by atoms with E-state index in [1.165, 1.54) is 18.2 Å². The van der Waals surface area contributed by atoms with Gasteiger partial charge in [-0.05, 0) is 24.1 Å². The number of aldehydes is 1. The lowest BCUT2D eigenvalue weighted by Gasteiger charge is -2.07. The number of ether oxygens (including phenoxy) is 1. The maximum atomic E-state index is 10.8. The third kappa shape index (κ3) is 3.41. The number of nitro groups is 1. The summed E-state index contributed by atoms with van der Waals surface area (Å²) in [6, 6.07) is 3.99. The number of carbonyl (C=O) groups excluding carboxylic acids is 1. The number of rotatable bonds is 6. The van der Waals surface area contributed by atoms with Gasteiger partial charge in [-0.25, -0.2) is 0 Å². The molecule has 90 valence electrons. The largest absolute Gasteiger partial charge is 0.482 e. The van der Waals surface area contributed by atoms with Crippen molar-refractivity contribution in [3.8, 4) is 5.75 Å². The molecule has 1 rings (SSSR count). The summed E-state index contributed by atoms with van der Waals surface area (Å²) in [6.45, 7) is 5.87. The molecule has 0 atom stereocenters. The Balaban J connectivity index is 2.96. The van der Waals surface area contributed by atoms with Crippen molar-refractivity contribution in [2.45, 2.75) is 13.3 Å². The third-order valence-corrected chi connectivity index (χ3v) is 2.25. The summed E-state index contributed by atoms with van der Waals surface area (Å²) in [6.07, 6.45) is 1.35. The average Bonchev–Trinajstić information content (AvgIpc) is 2.35. The molecule has 1 aromatic rings. The number of hydrogen-bond donors (Lipinski definition) is 0. The van der Waals surface area contributed by atoms with E-state index >= 15 is 0 Å². The Kier molecular flexibility index (Phi) is 4.39. The molecule has 0 saturated heterocycles. The van der Waals surface area contributed by atoms with Gasteiger partial charge in [0.05, 0.1) is 4.92 Å². The van der Waals surface area contributed by atoms with Crippen LogP contribution in [0.5, 0.6) is 5.75 Å². The van der Waals surface area contributed by atoms with Crippen molar-refractivity contribution in [1.82, 2.24) is 0 Å². The van der Waals surface area contributed by atoms with Gasteiger partial charge in [0, 0.05) is 11.6 Å². The second kappa shape index (κ2) is 5.79. The van der Waals surface area contributed by atoms with Gasteiger partial charge in [-0.3, -0.25) is 14.9 Å². The molecule has 0 spiro atoms. The minimum atomic E-state index is -0.543. The van der Waals surface area contributed by atoms with Crippen LogP contribution in [0.25, 0.3) is 0 Å². The zero-order chi connectivity index (χ0) is 12.8. The molecular weight excluding hydrogens is 222 g/mol. The normalized spacial score (nSPS) is 9.71. The lowest BCUT2D eigenvalue weighted by atomic mass is 10.2. The predicted molar refractivity (Wildman–Crippen MR) is 63.4 cm³/mol. The monoisotopic (exact) mass is 235 g/mol. The molecule has 0 heterocycles. The van der Waals surface area contributed by atoms with Crippen LogP contribution in [0, 0.1) is 10.1 Å². The number of hydrogen-bond acceptors (Lipinski definition) is 4. The molecular formula is C12H13NO4. The Hall–Kier alpha value is -2.17. The highest BCUT2D eigenvalue weighted by atomic mass is 16.6. The molecule has 0 aliphatic carbocycles. The van der Waals surface area contributed by atoms with Crippen LogP contribution in [0.15, 0.2) is 30.4 Å². The smallest absolute Gasteiger partial charge is 0.310 e. The van der Waals surface area contributed by atoms with Gasteiger partial charge in [-0.1, -0.05) is 13.5 Å². The van der Waals surface area contributed by atoms with Crippen molar-refractivity contribution in [2.24, 2.45) is 0 Å². The zero-order valence-electron chi connectivity index (χ0n) is 9.51. The van der Waals surface area contributed by atoms with Gasteiger partial charge in [0.15, 0.2) is 5.75 Å². The minimum Gasteiger partial charge on any atom is -0.482 e. The maximum absolute atomic E-state index is 10.8. The number of nitrogens with zero attached hydrogens (tertiary/aromatic N) is 1. The Bertz CT molecular complexity index is 454. The summed E-state index contributed by atoms with van der Waals surface area (Å²) >= 11 is 0. The van der Waals surface area contributed by atoms with Crippen LogP contribution in [0.2, 0.25) is 0 Å². The van der Waals surface area contributed by atoms with Crippen LogP contribution in [0.3, 0.4) is 0 Å². The molecule has 1 aromatic carbocycles. The molecule has 17 heavy (non-hydrogen) atoms. The third-order valence-electron chi connectivity index (χ3n) is 2.25. The molecule has 5 heteroatoms. The van der Waals surface area contributed by atoms with Gasteiger partial charge in [-0.15, -0.1) is 0 Å². The van der Waals surface area contributed by atoms with Crippen molar-refractivity contribution >= 4 is 12.0 Å². The van der Waals surface area contributed by atoms with E-state index in [-0.39, 0.29) is 18.0 Å². The second-order valence-electron chi connectivity index (χ2n) is 3.49. The van der Waals surface area contributed by atoms with Gasteiger partial charge in [0.25, 0.3) is 0 Å². The molecule has 0 N–H and O–H groups in total. The average molecular weight is 235 g/mol. The van der Waals surface area contributed by atoms with E-state index in [9.17, 15) is 14.9 Å².